The Hall–Kier alpha value is -2.99. The van der Waals surface area contributed by atoms with Gasteiger partial charge in [0.15, 0.2) is 0 Å². The van der Waals surface area contributed by atoms with Gasteiger partial charge in [-0.25, -0.2) is 4.98 Å². The molecule has 3 rings (SSSR count). The first-order valence-electron chi connectivity index (χ1n) is 9.47. The molecular weight excluding hydrogens is 354 g/mol. The third-order valence-electron chi connectivity index (χ3n) is 4.30. The van der Waals surface area contributed by atoms with E-state index in [1.165, 1.54) is 0 Å². The smallest absolute Gasteiger partial charge is 0.270 e. The van der Waals surface area contributed by atoms with Crippen LogP contribution >= 0.6 is 0 Å². The summed E-state index contributed by atoms with van der Waals surface area (Å²) < 4.78 is 10.8. The minimum absolute atomic E-state index is 0.213. The van der Waals surface area contributed by atoms with Crippen molar-refractivity contribution in [1.82, 2.24) is 15.3 Å². The number of carbonyl (C=O) groups is 1. The predicted molar refractivity (Wildman–Crippen MR) is 108 cm³/mol. The van der Waals surface area contributed by atoms with E-state index in [4.69, 9.17) is 9.47 Å². The molecule has 0 saturated heterocycles. The minimum Gasteiger partial charge on any atom is -0.494 e. The van der Waals surface area contributed by atoms with E-state index in [0.717, 1.165) is 42.7 Å². The number of amides is 1. The number of aromatic nitrogens is 2. The van der Waals surface area contributed by atoms with Crippen LogP contribution in [0.1, 0.15) is 35.3 Å². The van der Waals surface area contributed by atoms with Crippen LogP contribution in [0.2, 0.25) is 0 Å². The van der Waals surface area contributed by atoms with E-state index in [1.807, 2.05) is 30.3 Å². The third-order valence-corrected chi connectivity index (χ3v) is 4.30. The van der Waals surface area contributed by atoms with Crippen LogP contribution in [0.25, 0.3) is 11.0 Å². The zero-order valence-corrected chi connectivity index (χ0v) is 16.1. The molecule has 0 radical (unpaired) electrons. The van der Waals surface area contributed by atoms with Crippen molar-refractivity contribution in [2.75, 3.05) is 20.3 Å². The second-order valence-electron chi connectivity index (χ2n) is 6.47. The van der Waals surface area contributed by atoms with Gasteiger partial charge in [-0.1, -0.05) is 12.1 Å². The number of pyridine rings is 2. The maximum atomic E-state index is 12.4. The number of hydrogen-bond acceptors (Lipinski definition) is 5. The van der Waals surface area contributed by atoms with Gasteiger partial charge in [-0.3, -0.25) is 9.78 Å². The van der Waals surface area contributed by atoms with Crippen molar-refractivity contribution in [3.8, 4) is 5.75 Å². The number of nitrogens with one attached hydrogen (secondary N) is 1. The summed E-state index contributed by atoms with van der Waals surface area (Å²) in [4.78, 5) is 21.0. The highest BCUT2D eigenvalue weighted by Crippen LogP contribution is 2.14. The van der Waals surface area contributed by atoms with E-state index in [1.54, 1.807) is 31.5 Å². The van der Waals surface area contributed by atoms with Crippen LogP contribution in [0.15, 0.2) is 54.7 Å². The molecule has 0 aliphatic carbocycles. The number of ether oxygens (including phenoxy) is 2. The number of hydrogen-bond donors (Lipinski definition) is 1. The fourth-order valence-electron chi connectivity index (χ4n) is 2.82. The van der Waals surface area contributed by atoms with Gasteiger partial charge in [-0.15, -0.1) is 0 Å². The summed E-state index contributed by atoms with van der Waals surface area (Å²) in [6.07, 6.45) is 4.83. The zero-order valence-electron chi connectivity index (χ0n) is 16.1. The van der Waals surface area contributed by atoms with Crippen LogP contribution in [0.5, 0.6) is 5.75 Å². The van der Waals surface area contributed by atoms with Gasteiger partial charge in [0, 0.05) is 26.5 Å². The Morgan fingerprint density at radius 2 is 1.89 bits per heavy atom. The van der Waals surface area contributed by atoms with Crippen molar-refractivity contribution in [2.45, 2.75) is 25.8 Å². The Morgan fingerprint density at radius 3 is 2.79 bits per heavy atom. The van der Waals surface area contributed by atoms with Gasteiger partial charge in [0.05, 0.1) is 17.6 Å². The van der Waals surface area contributed by atoms with Gasteiger partial charge in [0.25, 0.3) is 5.91 Å². The van der Waals surface area contributed by atoms with Crippen LogP contribution in [0, 0.1) is 0 Å². The standard InChI is InChI=1S/C22H25N3O3/c1-27-13-3-2-4-14-28-18-8-5-7-17(15-18)16-24-22(26)21-11-10-19-20(25-21)9-6-12-23-19/h5-12,15H,2-4,13-14,16H2,1H3,(H,24,26). The van der Waals surface area contributed by atoms with Crippen LogP contribution in [0.4, 0.5) is 0 Å². The topological polar surface area (TPSA) is 73.3 Å². The molecule has 0 unspecified atom stereocenters. The molecule has 0 aliphatic rings. The van der Waals surface area contributed by atoms with Crippen LogP contribution < -0.4 is 10.1 Å². The molecule has 0 atom stereocenters. The molecule has 28 heavy (non-hydrogen) atoms. The lowest BCUT2D eigenvalue weighted by molar-refractivity contribution is 0.0946. The van der Waals surface area contributed by atoms with E-state index in [0.29, 0.717) is 24.4 Å². The summed E-state index contributed by atoms with van der Waals surface area (Å²) in [5.41, 5.74) is 2.83. The molecular formula is C22H25N3O3. The maximum Gasteiger partial charge on any atom is 0.270 e. The van der Waals surface area contributed by atoms with Gasteiger partial charge < -0.3 is 14.8 Å². The lowest BCUT2D eigenvalue weighted by Gasteiger charge is -2.09. The van der Waals surface area contributed by atoms with E-state index in [-0.39, 0.29) is 5.91 Å². The second-order valence-corrected chi connectivity index (χ2v) is 6.47. The largest absolute Gasteiger partial charge is 0.494 e. The van der Waals surface area contributed by atoms with Crippen LogP contribution in [-0.4, -0.2) is 36.2 Å². The molecule has 1 aromatic carbocycles. The highest BCUT2D eigenvalue weighted by atomic mass is 16.5. The predicted octanol–water partition coefficient (Wildman–Crippen LogP) is 3.76. The average Bonchev–Trinajstić information content (AvgIpc) is 2.74. The molecule has 146 valence electrons. The summed E-state index contributed by atoms with van der Waals surface area (Å²) in [5, 5.41) is 2.91. The quantitative estimate of drug-likeness (QED) is 0.543. The lowest BCUT2D eigenvalue weighted by atomic mass is 10.2. The number of rotatable bonds is 10. The van der Waals surface area contributed by atoms with Gasteiger partial charge in [-0.2, -0.15) is 0 Å². The number of nitrogens with zero attached hydrogens (tertiary/aromatic N) is 2. The second kappa shape index (κ2) is 10.4. The highest BCUT2D eigenvalue weighted by Gasteiger charge is 2.08. The first-order chi connectivity index (χ1) is 13.8. The molecule has 6 nitrogen and oxygen atoms in total. The summed E-state index contributed by atoms with van der Waals surface area (Å²) in [6.45, 7) is 1.88. The molecule has 0 spiro atoms. The van der Waals surface area contributed by atoms with Crippen LogP contribution in [0.3, 0.4) is 0 Å². The molecule has 3 aromatic rings. The number of fused-ring (bicyclic) bond motifs is 1. The fraction of sp³-hybridized carbons (Fsp3) is 0.318. The molecule has 0 bridgehead atoms. The van der Waals surface area contributed by atoms with Gasteiger partial charge >= 0.3 is 0 Å². The molecule has 1 N–H and O–H groups in total. The Morgan fingerprint density at radius 1 is 1.00 bits per heavy atom. The van der Waals surface area contributed by atoms with Gasteiger partial charge in [0.1, 0.15) is 11.4 Å². The van der Waals surface area contributed by atoms with Crippen LogP contribution in [-0.2, 0) is 11.3 Å². The van der Waals surface area contributed by atoms with Gasteiger partial charge in [-0.05, 0) is 61.2 Å². The van der Waals surface area contributed by atoms with Crippen molar-refractivity contribution < 1.29 is 14.3 Å². The minimum atomic E-state index is -0.213. The molecule has 0 fully saturated rings. The molecule has 0 saturated carbocycles. The number of benzene rings is 1. The number of unbranched alkanes of at least 4 members (excludes halogenated alkanes) is 2. The number of methoxy groups -OCH3 is 1. The van der Waals surface area contributed by atoms with Gasteiger partial charge in [0.2, 0.25) is 0 Å². The Labute approximate surface area is 164 Å². The fourth-order valence-corrected chi connectivity index (χ4v) is 2.82. The average molecular weight is 379 g/mol. The van der Waals surface area contributed by atoms with Crippen molar-refractivity contribution in [3.63, 3.8) is 0 Å². The highest BCUT2D eigenvalue weighted by molar-refractivity contribution is 5.94. The SMILES string of the molecule is COCCCCCOc1cccc(CNC(=O)c2ccc3ncccc3n2)c1. The van der Waals surface area contributed by atoms with E-state index >= 15 is 0 Å². The Kier molecular flexibility index (Phi) is 7.32. The number of carbonyl (C=O) groups excluding carboxylic acids is 1. The summed E-state index contributed by atoms with van der Waals surface area (Å²) in [5.74, 6) is 0.601. The Bertz CT molecular complexity index is 914. The van der Waals surface area contributed by atoms with E-state index in [2.05, 4.69) is 15.3 Å². The Balaban J connectivity index is 1.50. The summed E-state index contributed by atoms with van der Waals surface area (Å²) in [7, 11) is 1.72. The normalized spacial score (nSPS) is 10.8. The summed E-state index contributed by atoms with van der Waals surface area (Å²) in [6, 6.07) is 14.9. The van der Waals surface area contributed by atoms with Crippen molar-refractivity contribution in [3.05, 3.63) is 66.0 Å². The monoisotopic (exact) mass is 379 g/mol. The van der Waals surface area contributed by atoms with Crippen molar-refractivity contribution in [2.24, 2.45) is 0 Å². The molecule has 2 heterocycles. The first-order valence-corrected chi connectivity index (χ1v) is 9.47. The zero-order chi connectivity index (χ0) is 19.6. The van der Waals surface area contributed by atoms with E-state index < -0.39 is 0 Å². The molecule has 2 aromatic heterocycles. The lowest BCUT2D eigenvalue weighted by Crippen LogP contribution is -2.23. The molecule has 1 amide bonds. The van der Waals surface area contributed by atoms with Crippen molar-refractivity contribution >= 4 is 16.9 Å². The molecule has 0 aliphatic heterocycles. The molecule has 6 heteroatoms. The van der Waals surface area contributed by atoms with Crippen molar-refractivity contribution in [1.29, 1.82) is 0 Å². The first kappa shape index (κ1) is 19.8. The maximum absolute atomic E-state index is 12.4. The van der Waals surface area contributed by atoms with E-state index in [9.17, 15) is 4.79 Å². The summed E-state index contributed by atoms with van der Waals surface area (Å²) >= 11 is 0. The third kappa shape index (κ3) is 5.76.